The van der Waals surface area contributed by atoms with E-state index in [4.69, 9.17) is 11.6 Å². The largest absolute Gasteiger partial charge is 0.301 e. The normalized spacial score (nSPS) is 17.8. The van der Waals surface area contributed by atoms with E-state index in [-0.39, 0.29) is 18.2 Å². The molecule has 0 radical (unpaired) electrons. The first-order chi connectivity index (χ1) is 11.0. The van der Waals surface area contributed by atoms with Gasteiger partial charge in [-0.15, -0.1) is 0 Å². The van der Waals surface area contributed by atoms with Crippen molar-refractivity contribution in [3.63, 3.8) is 0 Å². The zero-order valence-corrected chi connectivity index (χ0v) is 15.0. The Kier molecular flexibility index (Phi) is 4.99. The molecule has 2 aromatic rings. The van der Waals surface area contributed by atoms with E-state index < -0.39 is 6.04 Å². The van der Waals surface area contributed by atoms with Crippen molar-refractivity contribution in [2.75, 3.05) is 4.90 Å². The molecule has 2 aromatic carbocycles. The minimum Gasteiger partial charge on any atom is -0.301 e. The number of anilines is 1. The van der Waals surface area contributed by atoms with E-state index in [1.54, 1.807) is 24.3 Å². The lowest BCUT2D eigenvalue weighted by molar-refractivity contribution is -0.121. The highest BCUT2D eigenvalue weighted by molar-refractivity contribution is 14.1. The molecule has 0 saturated carbocycles. The Morgan fingerprint density at radius 1 is 1.09 bits per heavy atom. The third kappa shape index (κ3) is 3.73. The zero-order chi connectivity index (χ0) is 16.4. The molecule has 4 nitrogen and oxygen atoms in total. The Hall–Kier alpha value is -1.44. The lowest BCUT2D eigenvalue weighted by atomic mass is 10.2. The molecule has 3 rings (SSSR count). The Morgan fingerprint density at radius 2 is 1.74 bits per heavy atom. The van der Waals surface area contributed by atoms with Crippen LogP contribution in [0.15, 0.2) is 48.5 Å². The van der Waals surface area contributed by atoms with Gasteiger partial charge in [-0.05, 0) is 64.6 Å². The molecule has 0 bridgehead atoms. The molecule has 6 heteroatoms. The highest BCUT2D eigenvalue weighted by Crippen LogP contribution is 2.24. The molecule has 0 aliphatic carbocycles. The average molecular weight is 441 g/mol. The van der Waals surface area contributed by atoms with Crippen LogP contribution in [-0.4, -0.2) is 17.9 Å². The summed E-state index contributed by atoms with van der Waals surface area (Å²) in [5.41, 5.74) is 1.64. The van der Waals surface area contributed by atoms with E-state index >= 15 is 0 Å². The van der Waals surface area contributed by atoms with Gasteiger partial charge in [-0.2, -0.15) is 0 Å². The van der Waals surface area contributed by atoms with Gasteiger partial charge in [-0.3, -0.25) is 9.59 Å². The van der Waals surface area contributed by atoms with Gasteiger partial charge in [0.05, 0.1) is 18.2 Å². The summed E-state index contributed by atoms with van der Waals surface area (Å²) >= 11 is 8.04. The van der Waals surface area contributed by atoms with Gasteiger partial charge in [0.2, 0.25) is 5.91 Å². The fourth-order valence-electron chi connectivity index (χ4n) is 2.50. The SMILES string of the molecule is O=C1C[C@H](NCc2ccc(Cl)cc2)C(=O)N1c1ccc(I)cc1. The van der Waals surface area contributed by atoms with E-state index in [1.165, 1.54) is 4.90 Å². The minimum absolute atomic E-state index is 0.176. The van der Waals surface area contributed by atoms with Gasteiger partial charge in [0.1, 0.15) is 0 Å². The number of nitrogens with zero attached hydrogens (tertiary/aromatic N) is 1. The van der Waals surface area contributed by atoms with Crippen LogP contribution in [0.4, 0.5) is 5.69 Å². The Balaban J connectivity index is 1.68. The van der Waals surface area contributed by atoms with Gasteiger partial charge in [0.15, 0.2) is 0 Å². The number of halogens is 2. The number of hydrogen-bond donors (Lipinski definition) is 1. The second-order valence-corrected chi connectivity index (χ2v) is 6.99. The molecule has 118 valence electrons. The van der Waals surface area contributed by atoms with Crippen LogP contribution in [-0.2, 0) is 16.1 Å². The first-order valence-corrected chi connectivity index (χ1v) is 8.60. The van der Waals surface area contributed by atoms with Gasteiger partial charge in [-0.1, -0.05) is 23.7 Å². The number of amides is 2. The van der Waals surface area contributed by atoms with E-state index in [1.807, 2.05) is 24.3 Å². The first kappa shape index (κ1) is 16.4. The summed E-state index contributed by atoms with van der Waals surface area (Å²) in [7, 11) is 0. The predicted octanol–water partition coefficient (Wildman–Crippen LogP) is 3.37. The van der Waals surface area contributed by atoms with Crippen molar-refractivity contribution in [1.82, 2.24) is 5.32 Å². The van der Waals surface area contributed by atoms with Gasteiger partial charge in [0.25, 0.3) is 5.91 Å². The van der Waals surface area contributed by atoms with E-state index in [0.29, 0.717) is 17.3 Å². The predicted molar refractivity (Wildman–Crippen MR) is 98.3 cm³/mol. The Bertz CT molecular complexity index is 731. The molecule has 2 amide bonds. The Morgan fingerprint density at radius 3 is 2.39 bits per heavy atom. The van der Waals surface area contributed by atoms with Crippen LogP contribution >= 0.6 is 34.2 Å². The van der Waals surface area contributed by atoms with E-state index in [0.717, 1.165) is 9.13 Å². The Labute approximate surface area is 153 Å². The summed E-state index contributed by atoms with van der Waals surface area (Å²) < 4.78 is 1.06. The standard InChI is InChI=1S/C17H14ClIN2O2/c18-12-3-1-11(2-4-12)10-20-15-9-16(22)21(17(15)23)14-7-5-13(19)6-8-14/h1-8,15,20H,9-10H2/t15-/m0/s1. The second kappa shape index (κ2) is 6.98. The van der Waals surface area contributed by atoms with Crippen LogP contribution in [0.2, 0.25) is 5.02 Å². The molecule has 0 aromatic heterocycles. The van der Waals surface area contributed by atoms with Gasteiger partial charge >= 0.3 is 0 Å². The van der Waals surface area contributed by atoms with Crippen LogP contribution < -0.4 is 10.2 Å². The minimum atomic E-state index is -0.488. The number of benzene rings is 2. The number of nitrogens with one attached hydrogen (secondary N) is 1. The average Bonchev–Trinajstić information content (AvgIpc) is 2.82. The molecule has 1 aliphatic heterocycles. The molecule has 1 fully saturated rings. The third-order valence-corrected chi connectivity index (χ3v) is 4.67. The fraction of sp³-hybridized carbons (Fsp3) is 0.176. The van der Waals surface area contributed by atoms with Crippen molar-refractivity contribution in [3.8, 4) is 0 Å². The third-order valence-electron chi connectivity index (χ3n) is 3.70. The van der Waals surface area contributed by atoms with Gasteiger partial charge < -0.3 is 5.32 Å². The molecule has 1 heterocycles. The fourth-order valence-corrected chi connectivity index (χ4v) is 2.98. The topological polar surface area (TPSA) is 49.4 Å². The number of carbonyl (C=O) groups is 2. The number of imide groups is 1. The lowest BCUT2D eigenvalue weighted by Crippen LogP contribution is -2.38. The highest BCUT2D eigenvalue weighted by atomic mass is 127. The monoisotopic (exact) mass is 440 g/mol. The molecule has 0 unspecified atom stereocenters. The number of carbonyl (C=O) groups excluding carboxylic acids is 2. The van der Waals surface area contributed by atoms with Crippen LogP contribution in [0.1, 0.15) is 12.0 Å². The van der Waals surface area contributed by atoms with Crippen LogP contribution in [0.5, 0.6) is 0 Å². The molecule has 1 N–H and O–H groups in total. The summed E-state index contributed by atoms with van der Waals surface area (Å²) in [5, 5.41) is 3.82. The maximum atomic E-state index is 12.5. The smallest absolute Gasteiger partial charge is 0.251 e. The molecule has 1 atom stereocenters. The van der Waals surface area contributed by atoms with Crippen molar-refractivity contribution < 1.29 is 9.59 Å². The summed E-state index contributed by atoms with van der Waals surface area (Å²) in [6, 6.07) is 14.3. The maximum Gasteiger partial charge on any atom is 0.251 e. The van der Waals surface area contributed by atoms with Crippen molar-refractivity contribution in [3.05, 3.63) is 62.7 Å². The zero-order valence-electron chi connectivity index (χ0n) is 12.1. The first-order valence-electron chi connectivity index (χ1n) is 7.15. The molecular weight excluding hydrogens is 427 g/mol. The number of hydrogen-bond acceptors (Lipinski definition) is 3. The molecule has 1 saturated heterocycles. The molecule has 0 spiro atoms. The van der Waals surface area contributed by atoms with E-state index in [2.05, 4.69) is 27.9 Å². The summed E-state index contributed by atoms with van der Waals surface area (Å²) in [5.74, 6) is -0.380. The number of rotatable bonds is 4. The van der Waals surface area contributed by atoms with Gasteiger partial charge in [-0.25, -0.2) is 4.90 Å². The summed E-state index contributed by atoms with van der Waals surface area (Å²) in [6.07, 6.45) is 0.179. The maximum absolute atomic E-state index is 12.5. The van der Waals surface area contributed by atoms with Crippen LogP contribution in [0, 0.1) is 3.57 Å². The second-order valence-electron chi connectivity index (χ2n) is 5.31. The lowest BCUT2D eigenvalue weighted by Gasteiger charge is -2.15. The van der Waals surface area contributed by atoms with Crippen molar-refractivity contribution in [2.24, 2.45) is 0 Å². The van der Waals surface area contributed by atoms with Crippen LogP contribution in [0.25, 0.3) is 0 Å². The molecule has 1 aliphatic rings. The van der Waals surface area contributed by atoms with Crippen molar-refractivity contribution in [2.45, 2.75) is 19.0 Å². The molecule has 23 heavy (non-hydrogen) atoms. The van der Waals surface area contributed by atoms with E-state index in [9.17, 15) is 9.59 Å². The van der Waals surface area contributed by atoms with Crippen molar-refractivity contribution in [1.29, 1.82) is 0 Å². The highest BCUT2D eigenvalue weighted by Gasteiger charge is 2.39. The molecular formula is C17H14ClIN2O2. The quantitative estimate of drug-likeness (QED) is 0.586. The van der Waals surface area contributed by atoms with Crippen LogP contribution in [0.3, 0.4) is 0 Å². The summed E-state index contributed by atoms with van der Waals surface area (Å²) in [6.45, 7) is 0.515. The van der Waals surface area contributed by atoms with Crippen molar-refractivity contribution >= 4 is 51.7 Å². The van der Waals surface area contributed by atoms with Gasteiger partial charge in [0, 0.05) is 15.1 Å². The summed E-state index contributed by atoms with van der Waals surface area (Å²) in [4.78, 5) is 25.9.